The Bertz CT molecular complexity index is 662. The third kappa shape index (κ3) is 3.61. The van der Waals surface area contributed by atoms with Crippen molar-refractivity contribution in [2.75, 3.05) is 7.11 Å². The van der Waals surface area contributed by atoms with Crippen LogP contribution in [0.4, 0.5) is 8.78 Å². The first-order valence-electron chi connectivity index (χ1n) is 6.25. The molecule has 0 aliphatic heterocycles. The number of benzene rings is 1. The fourth-order valence-corrected chi connectivity index (χ4v) is 1.91. The lowest BCUT2D eigenvalue weighted by Gasteiger charge is -2.12. The number of Topliss-reactive ketones (excluding diaryl/α,β-unsaturated/α-hetero) is 1. The summed E-state index contributed by atoms with van der Waals surface area (Å²) in [5.41, 5.74) is 6.33. The Hall–Kier alpha value is -2.34. The zero-order valence-electron chi connectivity index (χ0n) is 11.3. The highest BCUT2D eigenvalue weighted by molar-refractivity contribution is 6.00. The molecule has 110 valence electrons. The van der Waals surface area contributed by atoms with Crippen LogP contribution < -0.4 is 10.5 Å². The second kappa shape index (κ2) is 6.41. The normalized spacial score (nSPS) is 12.0. The highest BCUT2D eigenvalue weighted by Crippen LogP contribution is 2.15. The Morgan fingerprint density at radius 3 is 2.76 bits per heavy atom. The van der Waals surface area contributed by atoms with Gasteiger partial charge in [0.1, 0.15) is 11.6 Å². The van der Waals surface area contributed by atoms with Crippen LogP contribution in [0.3, 0.4) is 0 Å². The molecule has 0 saturated carbocycles. The third-order valence-corrected chi connectivity index (χ3v) is 3.02. The predicted molar refractivity (Wildman–Crippen MR) is 73.2 cm³/mol. The first-order chi connectivity index (χ1) is 10.0. The van der Waals surface area contributed by atoms with Crippen LogP contribution in [0, 0.1) is 11.6 Å². The van der Waals surface area contributed by atoms with E-state index in [0.717, 1.165) is 12.1 Å². The highest BCUT2D eigenvalue weighted by atomic mass is 19.1. The molecular formula is C15H14F2N2O2. The Labute approximate surface area is 120 Å². The molecule has 1 heterocycles. The van der Waals surface area contributed by atoms with Crippen LogP contribution in [0.5, 0.6) is 5.88 Å². The Kier molecular flexibility index (Phi) is 4.59. The molecule has 4 nitrogen and oxygen atoms in total. The van der Waals surface area contributed by atoms with E-state index in [2.05, 4.69) is 4.98 Å². The number of methoxy groups -OCH3 is 1. The van der Waals surface area contributed by atoms with Crippen LogP contribution in [-0.2, 0) is 6.42 Å². The lowest BCUT2D eigenvalue weighted by molar-refractivity contribution is 0.0960. The van der Waals surface area contributed by atoms with Gasteiger partial charge in [-0.05, 0) is 24.1 Å². The number of nitrogens with zero attached hydrogens (tertiary/aromatic N) is 1. The van der Waals surface area contributed by atoms with E-state index in [0.29, 0.717) is 11.4 Å². The van der Waals surface area contributed by atoms with Gasteiger partial charge in [0.05, 0.1) is 13.2 Å². The van der Waals surface area contributed by atoms with Crippen LogP contribution in [0.1, 0.15) is 15.9 Å². The molecule has 1 atom stereocenters. The predicted octanol–water partition coefficient (Wildman–Crippen LogP) is 2.12. The molecule has 1 aromatic carbocycles. The maximum Gasteiger partial charge on any atom is 0.213 e. The molecular weight excluding hydrogens is 278 g/mol. The lowest BCUT2D eigenvalue weighted by atomic mass is 9.98. The monoisotopic (exact) mass is 292 g/mol. The van der Waals surface area contributed by atoms with Crippen LogP contribution in [-0.4, -0.2) is 23.9 Å². The summed E-state index contributed by atoms with van der Waals surface area (Å²) in [6.45, 7) is 0. The molecule has 0 radical (unpaired) electrons. The number of ether oxygens (including phenoxy) is 1. The van der Waals surface area contributed by atoms with Gasteiger partial charge < -0.3 is 10.5 Å². The Balaban J connectivity index is 2.15. The topological polar surface area (TPSA) is 65.2 Å². The second-order valence-electron chi connectivity index (χ2n) is 4.50. The maximum absolute atomic E-state index is 13.6. The van der Waals surface area contributed by atoms with Gasteiger partial charge in [-0.3, -0.25) is 4.79 Å². The number of carbonyl (C=O) groups excluding carboxylic acids is 1. The summed E-state index contributed by atoms with van der Waals surface area (Å²) in [7, 11) is 1.43. The molecule has 6 heteroatoms. The fourth-order valence-electron chi connectivity index (χ4n) is 1.91. The van der Waals surface area contributed by atoms with Crippen molar-refractivity contribution in [2.45, 2.75) is 12.5 Å². The lowest BCUT2D eigenvalue weighted by Crippen LogP contribution is -2.33. The molecule has 0 aliphatic rings. The molecule has 0 spiro atoms. The first-order valence-corrected chi connectivity index (χ1v) is 6.25. The minimum Gasteiger partial charge on any atom is -0.481 e. The molecule has 0 bridgehead atoms. The molecule has 0 amide bonds. The number of ketones is 1. The summed E-state index contributed by atoms with van der Waals surface area (Å²) in [6, 6.07) is 5.21. The molecule has 2 aromatic rings. The van der Waals surface area contributed by atoms with Crippen molar-refractivity contribution < 1.29 is 18.3 Å². The quantitative estimate of drug-likeness (QED) is 0.857. The maximum atomic E-state index is 13.6. The van der Waals surface area contributed by atoms with E-state index in [-0.39, 0.29) is 17.8 Å². The van der Waals surface area contributed by atoms with Crippen molar-refractivity contribution >= 4 is 5.78 Å². The standard InChI is InChI=1S/C15H14F2N2O2/c1-21-14-7-10(4-5-19-14)15(20)13(18)6-9-2-3-11(16)8-12(9)17/h2-5,7-8,13H,6,18H2,1H3/t13-/m0/s1. The van der Waals surface area contributed by atoms with E-state index in [1.807, 2.05) is 0 Å². The summed E-state index contributed by atoms with van der Waals surface area (Å²) < 4.78 is 31.3. The summed E-state index contributed by atoms with van der Waals surface area (Å²) in [5.74, 6) is -1.46. The molecule has 2 rings (SSSR count). The number of hydrogen-bond acceptors (Lipinski definition) is 4. The first kappa shape index (κ1) is 15.1. The second-order valence-corrected chi connectivity index (χ2v) is 4.50. The van der Waals surface area contributed by atoms with Gasteiger partial charge in [-0.1, -0.05) is 6.07 Å². The van der Waals surface area contributed by atoms with Crippen molar-refractivity contribution in [3.05, 3.63) is 59.3 Å². The van der Waals surface area contributed by atoms with Gasteiger partial charge >= 0.3 is 0 Å². The molecule has 0 unspecified atom stereocenters. The minimum absolute atomic E-state index is 0.0183. The molecule has 1 aromatic heterocycles. The van der Waals surface area contributed by atoms with Gasteiger partial charge in [-0.25, -0.2) is 13.8 Å². The fraction of sp³-hybridized carbons (Fsp3) is 0.200. The van der Waals surface area contributed by atoms with Crippen molar-refractivity contribution in [1.29, 1.82) is 0 Å². The summed E-state index contributed by atoms with van der Waals surface area (Å²) in [4.78, 5) is 16.1. The molecule has 0 fully saturated rings. The van der Waals surface area contributed by atoms with E-state index in [1.165, 1.54) is 31.5 Å². The summed E-state index contributed by atoms with van der Waals surface area (Å²) >= 11 is 0. The van der Waals surface area contributed by atoms with E-state index in [9.17, 15) is 13.6 Å². The zero-order chi connectivity index (χ0) is 15.4. The van der Waals surface area contributed by atoms with E-state index < -0.39 is 17.7 Å². The van der Waals surface area contributed by atoms with Gasteiger partial charge in [-0.15, -0.1) is 0 Å². The van der Waals surface area contributed by atoms with Crippen molar-refractivity contribution in [3.8, 4) is 5.88 Å². The molecule has 21 heavy (non-hydrogen) atoms. The van der Waals surface area contributed by atoms with Gasteiger partial charge in [0.2, 0.25) is 5.88 Å². The van der Waals surface area contributed by atoms with Crippen LogP contribution >= 0.6 is 0 Å². The van der Waals surface area contributed by atoms with Gasteiger partial charge in [0, 0.05) is 23.9 Å². The van der Waals surface area contributed by atoms with Gasteiger partial charge in [-0.2, -0.15) is 0 Å². The SMILES string of the molecule is COc1cc(C(=O)[C@@H](N)Cc2ccc(F)cc2F)ccn1. The minimum atomic E-state index is -0.933. The number of aromatic nitrogens is 1. The van der Waals surface area contributed by atoms with Crippen molar-refractivity contribution in [3.63, 3.8) is 0 Å². The average molecular weight is 292 g/mol. The van der Waals surface area contributed by atoms with Crippen molar-refractivity contribution in [1.82, 2.24) is 4.98 Å². The molecule has 0 aliphatic carbocycles. The van der Waals surface area contributed by atoms with E-state index >= 15 is 0 Å². The van der Waals surface area contributed by atoms with Crippen molar-refractivity contribution in [2.24, 2.45) is 5.73 Å². The summed E-state index contributed by atoms with van der Waals surface area (Å²) in [6.07, 6.45) is 1.41. The zero-order valence-corrected chi connectivity index (χ0v) is 11.3. The van der Waals surface area contributed by atoms with E-state index in [1.54, 1.807) is 0 Å². The van der Waals surface area contributed by atoms with Gasteiger partial charge in [0.15, 0.2) is 5.78 Å². The van der Waals surface area contributed by atoms with Crippen LogP contribution in [0.15, 0.2) is 36.5 Å². The number of rotatable bonds is 5. The number of nitrogens with two attached hydrogens (primary N) is 1. The largest absolute Gasteiger partial charge is 0.481 e. The van der Waals surface area contributed by atoms with Crippen LogP contribution in [0.2, 0.25) is 0 Å². The molecule has 2 N–H and O–H groups in total. The number of pyridine rings is 1. The third-order valence-electron chi connectivity index (χ3n) is 3.02. The average Bonchev–Trinajstić information content (AvgIpc) is 2.49. The smallest absolute Gasteiger partial charge is 0.213 e. The number of hydrogen-bond donors (Lipinski definition) is 1. The number of carbonyl (C=O) groups is 1. The number of halogens is 2. The van der Waals surface area contributed by atoms with Gasteiger partial charge in [0.25, 0.3) is 0 Å². The highest BCUT2D eigenvalue weighted by Gasteiger charge is 2.18. The molecule has 0 saturated heterocycles. The van der Waals surface area contributed by atoms with Crippen LogP contribution in [0.25, 0.3) is 0 Å². The van der Waals surface area contributed by atoms with E-state index in [4.69, 9.17) is 10.5 Å². The Morgan fingerprint density at radius 2 is 2.10 bits per heavy atom. The Morgan fingerprint density at radius 1 is 1.33 bits per heavy atom. The summed E-state index contributed by atoms with van der Waals surface area (Å²) in [5, 5.41) is 0.